The van der Waals surface area contributed by atoms with Gasteiger partial charge in [0.05, 0.1) is 23.0 Å². The van der Waals surface area contributed by atoms with E-state index >= 15 is 0 Å². The second-order valence-corrected chi connectivity index (χ2v) is 7.03. The summed E-state index contributed by atoms with van der Waals surface area (Å²) >= 11 is 6.37. The lowest BCUT2D eigenvalue weighted by Gasteiger charge is -2.13. The van der Waals surface area contributed by atoms with Gasteiger partial charge in [-0.05, 0) is 50.1 Å². The van der Waals surface area contributed by atoms with Gasteiger partial charge < -0.3 is 10.1 Å². The fraction of sp³-hybridized carbons (Fsp3) is 0.273. The van der Waals surface area contributed by atoms with E-state index in [0.717, 1.165) is 5.56 Å². The van der Waals surface area contributed by atoms with E-state index < -0.39 is 0 Å². The van der Waals surface area contributed by atoms with E-state index in [-0.39, 0.29) is 23.0 Å². The van der Waals surface area contributed by atoms with Crippen molar-refractivity contribution in [2.24, 2.45) is 0 Å². The third kappa shape index (κ3) is 5.22. The fourth-order valence-corrected chi connectivity index (χ4v) is 3.31. The van der Waals surface area contributed by atoms with E-state index in [4.69, 9.17) is 16.3 Å². The summed E-state index contributed by atoms with van der Waals surface area (Å²) in [7, 11) is 0. The minimum atomic E-state index is -0.351. The van der Waals surface area contributed by atoms with E-state index in [1.54, 1.807) is 19.1 Å². The molecule has 5 nitrogen and oxygen atoms in total. The predicted molar refractivity (Wildman–Crippen MR) is 111 cm³/mol. The van der Waals surface area contributed by atoms with Gasteiger partial charge in [0.25, 0.3) is 5.91 Å². The maximum Gasteiger partial charge on any atom is 0.256 e. The molecule has 7 heteroatoms. The molecule has 29 heavy (non-hydrogen) atoms. The van der Waals surface area contributed by atoms with Crippen molar-refractivity contribution in [2.45, 2.75) is 26.4 Å². The van der Waals surface area contributed by atoms with Crippen LogP contribution in [-0.4, -0.2) is 28.8 Å². The topological polar surface area (TPSA) is 56.2 Å². The van der Waals surface area contributed by atoms with Gasteiger partial charge in [0, 0.05) is 13.2 Å². The van der Waals surface area contributed by atoms with Crippen LogP contribution in [0.25, 0.3) is 5.69 Å². The average molecular weight is 416 g/mol. The first-order valence-electron chi connectivity index (χ1n) is 9.43. The number of carbonyl (C=O) groups is 1. The van der Waals surface area contributed by atoms with Crippen LogP contribution in [0.5, 0.6) is 0 Å². The molecule has 2 aromatic carbocycles. The highest BCUT2D eigenvalue weighted by Crippen LogP contribution is 2.23. The Morgan fingerprint density at radius 1 is 1.21 bits per heavy atom. The first-order chi connectivity index (χ1) is 14.0. The van der Waals surface area contributed by atoms with Gasteiger partial charge in [0.15, 0.2) is 0 Å². The molecule has 0 aliphatic heterocycles. The van der Waals surface area contributed by atoms with Gasteiger partial charge in [0.1, 0.15) is 11.0 Å². The van der Waals surface area contributed by atoms with Crippen LogP contribution in [-0.2, 0) is 4.74 Å². The molecule has 1 amide bonds. The molecule has 1 N–H and O–H groups in total. The zero-order chi connectivity index (χ0) is 20.8. The van der Waals surface area contributed by atoms with Gasteiger partial charge in [-0.2, -0.15) is 5.10 Å². The number of nitrogens with zero attached hydrogens (tertiary/aromatic N) is 2. The molecule has 0 fully saturated rings. The average Bonchev–Trinajstić information content (AvgIpc) is 3.02. The number of hydrogen-bond donors (Lipinski definition) is 1. The molecule has 1 aromatic heterocycles. The van der Waals surface area contributed by atoms with Crippen molar-refractivity contribution in [2.75, 3.05) is 13.2 Å². The van der Waals surface area contributed by atoms with Crippen molar-refractivity contribution in [3.05, 3.63) is 82.4 Å². The minimum Gasteiger partial charge on any atom is -0.374 e. The fourth-order valence-electron chi connectivity index (χ4n) is 2.95. The van der Waals surface area contributed by atoms with Gasteiger partial charge in [0.2, 0.25) is 0 Å². The Kier molecular flexibility index (Phi) is 7.01. The number of aromatic nitrogens is 2. The van der Waals surface area contributed by atoms with Crippen molar-refractivity contribution in [3.63, 3.8) is 0 Å². The summed E-state index contributed by atoms with van der Waals surface area (Å²) in [6.45, 7) is 4.70. The summed E-state index contributed by atoms with van der Waals surface area (Å²) < 4.78 is 20.4. The minimum absolute atomic E-state index is 0.00229. The second kappa shape index (κ2) is 9.67. The summed E-state index contributed by atoms with van der Waals surface area (Å²) in [5, 5.41) is 7.36. The van der Waals surface area contributed by atoms with Crippen LogP contribution in [0.1, 0.15) is 41.1 Å². The number of halogens is 2. The number of hydrogen-bond acceptors (Lipinski definition) is 3. The van der Waals surface area contributed by atoms with E-state index in [0.29, 0.717) is 36.5 Å². The lowest BCUT2D eigenvalue weighted by atomic mass is 10.1. The quantitative estimate of drug-likeness (QED) is 0.534. The Balaban J connectivity index is 1.53. The van der Waals surface area contributed by atoms with Crippen LogP contribution in [0.3, 0.4) is 0 Å². The SMILES string of the molecule is Cc1nn(-c2ccc(F)cc2)c(Cl)c1C(=O)NCCCOC(C)c1ccccc1. The summed E-state index contributed by atoms with van der Waals surface area (Å²) in [5.74, 6) is -0.646. The smallest absolute Gasteiger partial charge is 0.256 e. The number of amides is 1. The van der Waals surface area contributed by atoms with Crippen LogP contribution in [0, 0.1) is 12.7 Å². The maximum absolute atomic E-state index is 13.1. The largest absolute Gasteiger partial charge is 0.374 e. The number of nitrogens with one attached hydrogen (secondary N) is 1. The van der Waals surface area contributed by atoms with E-state index in [1.807, 2.05) is 37.3 Å². The summed E-state index contributed by atoms with van der Waals surface area (Å²) in [5.41, 5.74) is 2.52. The number of rotatable bonds is 8. The first kappa shape index (κ1) is 21.0. The molecule has 0 aliphatic rings. The molecular formula is C22H23ClFN3O2. The molecule has 0 aliphatic carbocycles. The van der Waals surface area contributed by atoms with Gasteiger partial charge in [-0.1, -0.05) is 41.9 Å². The second-order valence-electron chi connectivity index (χ2n) is 6.67. The molecule has 1 atom stereocenters. The third-order valence-corrected chi connectivity index (χ3v) is 4.89. The Morgan fingerprint density at radius 2 is 1.90 bits per heavy atom. The summed E-state index contributed by atoms with van der Waals surface area (Å²) in [4.78, 5) is 12.6. The van der Waals surface area contributed by atoms with Crippen molar-refractivity contribution in [1.82, 2.24) is 15.1 Å². The normalized spacial score (nSPS) is 12.0. The lowest BCUT2D eigenvalue weighted by Crippen LogP contribution is -2.26. The first-order valence-corrected chi connectivity index (χ1v) is 9.81. The van der Waals surface area contributed by atoms with Gasteiger partial charge in [-0.15, -0.1) is 0 Å². The Labute approximate surface area is 174 Å². The van der Waals surface area contributed by atoms with Crippen LogP contribution < -0.4 is 5.32 Å². The van der Waals surface area contributed by atoms with Crippen molar-refractivity contribution in [3.8, 4) is 5.69 Å². The molecule has 3 aromatic rings. The molecule has 1 heterocycles. The van der Waals surface area contributed by atoms with Crippen molar-refractivity contribution < 1.29 is 13.9 Å². The third-order valence-electron chi connectivity index (χ3n) is 4.55. The molecular weight excluding hydrogens is 393 g/mol. The number of ether oxygens (including phenoxy) is 1. The maximum atomic E-state index is 13.1. The molecule has 0 spiro atoms. The van der Waals surface area contributed by atoms with Gasteiger partial charge in [-0.25, -0.2) is 9.07 Å². The lowest BCUT2D eigenvalue weighted by molar-refractivity contribution is 0.0635. The Morgan fingerprint density at radius 3 is 2.59 bits per heavy atom. The van der Waals surface area contributed by atoms with Gasteiger partial charge in [-0.3, -0.25) is 4.79 Å². The van der Waals surface area contributed by atoms with Crippen molar-refractivity contribution >= 4 is 17.5 Å². The molecule has 0 bridgehead atoms. The highest BCUT2D eigenvalue weighted by atomic mass is 35.5. The highest BCUT2D eigenvalue weighted by molar-refractivity contribution is 6.33. The zero-order valence-corrected chi connectivity index (χ0v) is 17.1. The molecule has 152 valence electrons. The van der Waals surface area contributed by atoms with E-state index in [2.05, 4.69) is 10.4 Å². The van der Waals surface area contributed by atoms with Crippen LogP contribution in [0.4, 0.5) is 4.39 Å². The van der Waals surface area contributed by atoms with Crippen LogP contribution in [0.15, 0.2) is 54.6 Å². The van der Waals surface area contributed by atoms with E-state index in [9.17, 15) is 9.18 Å². The molecule has 0 radical (unpaired) electrons. The molecule has 3 rings (SSSR count). The Hall–Kier alpha value is -2.70. The molecule has 0 saturated heterocycles. The van der Waals surface area contributed by atoms with Crippen LogP contribution >= 0.6 is 11.6 Å². The van der Waals surface area contributed by atoms with E-state index in [1.165, 1.54) is 16.8 Å². The number of benzene rings is 2. The Bertz CT molecular complexity index is 958. The summed E-state index contributed by atoms with van der Waals surface area (Å²) in [6, 6.07) is 15.7. The summed E-state index contributed by atoms with van der Waals surface area (Å²) in [6.07, 6.45) is 0.670. The molecule has 0 saturated carbocycles. The predicted octanol–water partition coefficient (Wildman–Crippen LogP) is 4.87. The highest BCUT2D eigenvalue weighted by Gasteiger charge is 2.20. The monoisotopic (exact) mass is 415 g/mol. The van der Waals surface area contributed by atoms with Gasteiger partial charge >= 0.3 is 0 Å². The van der Waals surface area contributed by atoms with Crippen LogP contribution in [0.2, 0.25) is 5.15 Å². The standard InChI is InChI=1S/C22H23ClFN3O2/c1-15-20(21(23)27(26-15)19-11-9-18(24)10-12-19)22(28)25-13-6-14-29-16(2)17-7-4-3-5-8-17/h3-5,7-12,16H,6,13-14H2,1-2H3,(H,25,28). The number of aryl methyl sites for hydroxylation is 1. The van der Waals surface area contributed by atoms with Crippen molar-refractivity contribution in [1.29, 1.82) is 0 Å². The molecule has 1 unspecified atom stereocenters. The number of carbonyl (C=O) groups excluding carboxylic acids is 1. The zero-order valence-electron chi connectivity index (χ0n) is 16.4.